The number of carbonyl (C=O) groups excluding carboxylic acids is 3. The fraction of sp³-hybridized carbons (Fsp3) is 0.702. The van der Waals surface area contributed by atoms with Gasteiger partial charge in [-0.05, 0) is 105 Å². The van der Waals surface area contributed by atoms with Gasteiger partial charge in [0.25, 0.3) is 0 Å². The highest BCUT2D eigenvalue weighted by molar-refractivity contribution is 8.00. The van der Waals surface area contributed by atoms with Crippen LogP contribution >= 0.6 is 23.1 Å². The van der Waals surface area contributed by atoms with Crippen LogP contribution in [0.4, 0.5) is 9.59 Å². The molecule has 0 saturated carbocycles. The Hall–Kier alpha value is -3.89. The van der Waals surface area contributed by atoms with Gasteiger partial charge in [0.15, 0.2) is 0 Å². The fourth-order valence-corrected chi connectivity index (χ4v) is 9.93. The number of carboxylic acid groups (broad SMARTS) is 2. The number of benzene rings is 1. The van der Waals surface area contributed by atoms with Gasteiger partial charge in [-0.15, -0.1) is 11.3 Å². The zero-order chi connectivity index (χ0) is 47.0. The Bertz CT molecular complexity index is 1770. The van der Waals surface area contributed by atoms with E-state index in [1.165, 1.54) is 14.7 Å². The van der Waals surface area contributed by atoms with Crippen molar-refractivity contribution in [3.05, 3.63) is 41.0 Å². The number of aryl methyl sites for hydroxylation is 1. The van der Waals surface area contributed by atoms with E-state index in [2.05, 4.69) is 15.6 Å². The monoisotopic (exact) mass is 917 g/mol. The standard InChI is InChI=1S/C47H76N6O8S2/c1-33-39(62-32-49-33)35-24-22-34(23-25-35)30-48-41(56)37-29-36(54)31-51(37)42(57)40(47(8,9)63-28-20-16-15-19-27-53(44(60)61)46(5,6)7)50-38(55)21-17-13-11-10-12-14-18-26-52(43(58)59)45(2,3)4/h22-25,32,36-37,40,54H,10-21,26-31H2,1-9H3,(H,48,56)(H,50,55)(H,58,59)(H,60,61)/t36-,37+,40-/m1/s1. The van der Waals surface area contributed by atoms with E-state index in [9.17, 15) is 39.3 Å². The third kappa shape index (κ3) is 17.5. The summed E-state index contributed by atoms with van der Waals surface area (Å²) in [4.78, 5) is 75.0. The number of hydrogen-bond donors (Lipinski definition) is 5. The number of nitrogens with one attached hydrogen (secondary N) is 2. The van der Waals surface area contributed by atoms with Crippen LogP contribution < -0.4 is 10.6 Å². The number of carbonyl (C=O) groups is 5. The Morgan fingerprint density at radius 3 is 1.84 bits per heavy atom. The molecule has 1 saturated heterocycles. The number of likely N-dealkylation sites (tertiary alicyclic amines) is 1. The lowest BCUT2D eigenvalue weighted by Crippen LogP contribution is -2.59. The van der Waals surface area contributed by atoms with Gasteiger partial charge in [0.05, 0.1) is 22.2 Å². The average Bonchev–Trinajstić information content (AvgIpc) is 3.81. The third-order valence-electron chi connectivity index (χ3n) is 11.7. The quantitative estimate of drug-likeness (QED) is 0.0601. The minimum Gasteiger partial charge on any atom is -0.465 e. The first kappa shape index (κ1) is 53.4. The highest BCUT2D eigenvalue weighted by Gasteiger charge is 2.46. The van der Waals surface area contributed by atoms with Crippen molar-refractivity contribution < 1.29 is 39.3 Å². The summed E-state index contributed by atoms with van der Waals surface area (Å²) in [6.07, 6.45) is 7.13. The van der Waals surface area contributed by atoms with Crippen molar-refractivity contribution in [2.75, 3.05) is 25.4 Å². The van der Waals surface area contributed by atoms with Crippen molar-refractivity contribution in [3.63, 3.8) is 0 Å². The van der Waals surface area contributed by atoms with E-state index in [1.54, 1.807) is 23.1 Å². The van der Waals surface area contributed by atoms with Crippen molar-refractivity contribution in [3.8, 4) is 10.4 Å². The van der Waals surface area contributed by atoms with Gasteiger partial charge in [-0.3, -0.25) is 14.4 Å². The van der Waals surface area contributed by atoms with Crippen LogP contribution in [0.25, 0.3) is 10.4 Å². The molecule has 0 aliphatic carbocycles. The molecule has 0 bridgehead atoms. The second kappa shape index (κ2) is 25.0. The summed E-state index contributed by atoms with van der Waals surface area (Å²) in [5, 5.41) is 36.0. The largest absolute Gasteiger partial charge is 0.465 e. The summed E-state index contributed by atoms with van der Waals surface area (Å²) < 4.78 is -0.755. The number of rotatable bonds is 25. The topological polar surface area (TPSA) is 193 Å². The number of thiazole rings is 1. The molecule has 0 unspecified atom stereocenters. The van der Waals surface area contributed by atoms with Gasteiger partial charge < -0.3 is 40.7 Å². The Morgan fingerprint density at radius 2 is 1.33 bits per heavy atom. The molecule has 3 atom stereocenters. The van der Waals surface area contributed by atoms with Crippen LogP contribution in [0.15, 0.2) is 29.8 Å². The Balaban J connectivity index is 1.60. The molecule has 1 fully saturated rings. The predicted octanol–water partition coefficient (Wildman–Crippen LogP) is 8.93. The number of amides is 5. The molecule has 1 aliphatic rings. The maximum atomic E-state index is 14.6. The SMILES string of the molecule is Cc1ncsc1-c1ccc(CNC(=O)[C@@H]2C[C@@H](O)CN2C(=O)[C@@H](NC(=O)CCCCCCCCCN(C(=O)O)C(C)(C)C)C(C)(C)SCCCCCCN(C(=O)O)C(C)(C)C)cc1. The van der Waals surface area contributed by atoms with Crippen LogP contribution in [0.1, 0.15) is 150 Å². The van der Waals surface area contributed by atoms with Crippen LogP contribution in [0.5, 0.6) is 0 Å². The van der Waals surface area contributed by atoms with E-state index in [0.717, 1.165) is 85.9 Å². The van der Waals surface area contributed by atoms with Crippen molar-refractivity contribution in [2.45, 2.75) is 186 Å². The highest BCUT2D eigenvalue weighted by Crippen LogP contribution is 2.33. The molecule has 0 radical (unpaired) electrons. The van der Waals surface area contributed by atoms with E-state index in [4.69, 9.17) is 0 Å². The van der Waals surface area contributed by atoms with Crippen LogP contribution in [0, 0.1) is 6.92 Å². The van der Waals surface area contributed by atoms with Gasteiger partial charge in [0.1, 0.15) is 12.1 Å². The number of aliphatic hydroxyl groups is 1. The number of unbranched alkanes of at least 4 members (excludes halogenated alkanes) is 9. The summed E-state index contributed by atoms with van der Waals surface area (Å²) in [7, 11) is 0. The van der Waals surface area contributed by atoms with Crippen molar-refractivity contribution >= 4 is 53.0 Å². The maximum absolute atomic E-state index is 14.6. The molecule has 1 aromatic heterocycles. The normalized spacial score (nSPS) is 16.1. The second-order valence-corrected chi connectivity index (χ2v) is 22.0. The molecule has 16 heteroatoms. The van der Waals surface area contributed by atoms with E-state index in [-0.39, 0.29) is 37.7 Å². The molecule has 354 valence electrons. The Labute approximate surface area is 384 Å². The summed E-state index contributed by atoms with van der Waals surface area (Å²) in [5.41, 5.74) is 3.81. The molecular formula is C47H76N6O8S2. The van der Waals surface area contributed by atoms with Crippen molar-refractivity contribution in [1.82, 2.24) is 30.3 Å². The molecule has 5 N–H and O–H groups in total. The highest BCUT2D eigenvalue weighted by atomic mass is 32.2. The first-order valence-electron chi connectivity index (χ1n) is 22.7. The van der Waals surface area contributed by atoms with Crippen LogP contribution in [-0.2, 0) is 20.9 Å². The fourth-order valence-electron chi connectivity index (χ4n) is 7.92. The first-order chi connectivity index (χ1) is 29.5. The zero-order valence-electron chi connectivity index (χ0n) is 39.3. The number of hydrogen-bond acceptors (Lipinski definition) is 9. The molecule has 1 aliphatic heterocycles. The Kier molecular flexibility index (Phi) is 21.2. The molecular weight excluding hydrogens is 841 g/mol. The summed E-state index contributed by atoms with van der Waals surface area (Å²) in [6, 6.07) is 6.05. The number of aliphatic hydroxyl groups excluding tert-OH is 1. The molecule has 0 spiro atoms. The number of aromatic nitrogens is 1. The maximum Gasteiger partial charge on any atom is 0.407 e. The van der Waals surface area contributed by atoms with Crippen LogP contribution in [0.3, 0.4) is 0 Å². The molecule has 2 heterocycles. The minimum atomic E-state index is -0.951. The van der Waals surface area contributed by atoms with Gasteiger partial charge in [-0.2, -0.15) is 11.8 Å². The van der Waals surface area contributed by atoms with E-state index < -0.39 is 52.1 Å². The third-order valence-corrected chi connectivity index (χ3v) is 14.1. The molecule has 14 nitrogen and oxygen atoms in total. The van der Waals surface area contributed by atoms with Gasteiger partial charge >= 0.3 is 12.2 Å². The van der Waals surface area contributed by atoms with Crippen LogP contribution in [0.2, 0.25) is 0 Å². The minimum absolute atomic E-state index is 0.0145. The Morgan fingerprint density at radius 1 is 0.810 bits per heavy atom. The van der Waals surface area contributed by atoms with Crippen molar-refractivity contribution in [2.24, 2.45) is 0 Å². The van der Waals surface area contributed by atoms with Crippen LogP contribution in [-0.4, -0.2) is 124 Å². The lowest BCUT2D eigenvalue weighted by molar-refractivity contribution is -0.142. The lowest BCUT2D eigenvalue weighted by Gasteiger charge is -2.37. The molecule has 63 heavy (non-hydrogen) atoms. The van der Waals surface area contributed by atoms with Gasteiger partial charge in [-0.25, -0.2) is 14.6 Å². The summed E-state index contributed by atoms with van der Waals surface area (Å²) >= 11 is 3.16. The molecule has 1 aromatic carbocycles. The number of nitrogens with zero attached hydrogens (tertiary/aromatic N) is 4. The second-order valence-electron chi connectivity index (χ2n) is 19.4. The lowest BCUT2D eigenvalue weighted by atomic mass is 10.00. The summed E-state index contributed by atoms with van der Waals surface area (Å²) in [6.45, 7) is 18.4. The molecule has 2 aromatic rings. The average molecular weight is 917 g/mol. The smallest absolute Gasteiger partial charge is 0.407 e. The first-order valence-corrected chi connectivity index (χ1v) is 24.6. The predicted molar refractivity (Wildman–Crippen MR) is 253 cm³/mol. The summed E-state index contributed by atoms with van der Waals surface area (Å²) in [5.74, 6) is -0.283. The van der Waals surface area contributed by atoms with E-state index in [1.807, 2.05) is 92.1 Å². The van der Waals surface area contributed by atoms with E-state index >= 15 is 0 Å². The van der Waals surface area contributed by atoms with Crippen molar-refractivity contribution in [1.29, 1.82) is 0 Å². The van der Waals surface area contributed by atoms with E-state index in [0.29, 0.717) is 25.3 Å². The van der Waals surface area contributed by atoms with Gasteiger partial charge in [0, 0.05) is 54.8 Å². The van der Waals surface area contributed by atoms with Gasteiger partial charge in [0.2, 0.25) is 17.7 Å². The number of β-amino-alcohol motifs (C(OH)–C–C–N with tert-alkyl or cyclic N) is 1. The van der Waals surface area contributed by atoms with Gasteiger partial charge in [-0.1, -0.05) is 69.2 Å². The molecule has 3 rings (SSSR count). The molecule has 5 amide bonds. The zero-order valence-corrected chi connectivity index (χ0v) is 41.0. The number of thioether (sulfide) groups is 1.